The molecule has 1 aliphatic heterocycles. The summed E-state index contributed by atoms with van der Waals surface area (Å²) in [4.78, 5) is 14.2. The van der Waals surface area contributed by atoms with Gasteiger partial charge in [0.2, 0.25) is 0 Å². The minimum absolute atomic E-state index is 0.197. The first-order chi connectivity index (χ1) is 11.4. The van der Waals surface area contributed by atoms with Gasteiger partial charge >= 0.3 is 5.63 Å². The van der Waals surface area contributed by atoms with E-state index in [-0.39, 0.29) is 12.2 Å². The van der Waals surface area contributed by atoms with E-state index in [4.69, 9.17) is 4.42 Å². The van der Waals surface area contributed by atoms with Crippen LogP contribution in [0.15, 0.2) is 27.4 Å². The Labute approximate surface area is 141 Å². The molecule has 3 rings (SSSR count). The highest BCUT2D eigenvalue weighted by Crippen LogP contribution is 2.26. The van der Waals surface area contributed by atoms with Gasteiger partial charge in [0.1, 0.15) is 5.58 Å². The Bertz CT molecular complexity index is 798. The lowest BCUT2D eigenvalue weighted by molar-refractivity contribution is -0.0255. The molecule has 0 spiro atoms. The van der Waals surface area contributed by atoms with Gasteiger partial charge in [0.25, 0.3) is 0 Å². The standard InChI is InChI=1S/C19H25NO4/c1-13-8-14(2)18-16(9-13)15(10-17(22)24-18)11-20-6-3-4-19(23,12-21)5-7-20/h8-10,21,23H,3-7,11-12H2,1-2H3. The van der Waals surface area contributed by atoms with Gasteiger partial charge < -0.3 is 14.6 Å². The summed E-state index contributed by atoms with van der Waals surface area (Å²) in [7, 11) is 0. The lowest BCUT2D eigenvalue weighted by atomic mass is 9.96. The normalized spacial score (nSPS) is 22.7. The van der Waals surface area contributed by atoms with E-state index in [1.807, 2.05) is 19.9 Å². The van der Waals surface area contributed by atoms with Crippen molar-refractivity contribution in [1.29, 1.82) is 0 Å². The van der Waals surface area contributed by atoms with Crippen molar-refractivity contribution in [3.8, 4) is 0 Å². The quantitative estimate of drug-likeness (QED) is 0.843. The SMILES string of the molecule is Cc1cc(C)c2oc(=O)cc(CN3CCCC(O)(CO)CC3)c2c1. The van der Waals surface area contributed by atoms with Crippen LogP contribution in [0, 0.1) is 13.8 Å². The fraction of sp³-hybridized carbons (Fsp3) is 0.526. The van der Waals surface area contributed by atoms with E-state index in [1.54, 1.807) is 6.07 Å². The predicted molar refractivity (Wildman–Crippen MR) is 93.1 cm³/mol. The van der Waals surface area contributed by atoms with Crippen LogP contribution in [-0.2, 0) is 6.54 Å². The predicted octanol–water partition coefficient (Wildman–Crippen LogP) is 2.12. The van der Waals surface area contributed by atoms with Gasteiger partial charge in [-0.2, -0.15) is 0 Å². The van der Waals surface area contributed by atoms with Gasteiger partial charge in [-0.3, -0.25) is 4.90 Å². The Hall–Kier alpha value is -1.69. The highest BCUT2D eigenvalue weighted by molar-refractivity contribution is 5.83. The summed E-state index contributed by atoms with van der Waals surface area (Å²) in [5.41, 5.74) is 2.42. The number of aryl methyl sites for hydroxylation is 2. The van der Waals surface area contributed by atoms with E-state index in [9.17, 15) is 15.0 Å². The number of aliphatic hydroxyl groups excluding tert-OH is 1. The molecule has 2 aromatic rings. The molecule has 2 heterocycles. The van der Waals surface area contributed by atoms with E-state index in [2.05, 4.69) is 11.0 Å². The maximum absolute atomic E-state index is 11.9. The van der Waals surface area contributed by atoms with E-state index in [0.29, 0.717) is 31.5 Å². The molecule has 1 aromatic heterocycles. The molecule has 130 valence electrons. The summed E-state index contributed by atoms with van der Waals surface area (Å²) in [5, 5.41) is 20.6. The Morgan fingerprint density at radius 3 is 2.75 bits per heavy atom. The number of hydrogen-bond acceptors (Lipinski definition) is 5. The molecule has 0 saturated carbocycles. The second kappa shape index (κ2) is 6.67. The first-order valence-corrected chi connectivity index (χ1v) is 8.50. The summed E-state index contributed by atoms with van der Waals surface area (Å²) in [5.74, 6) is 0. The second-order valence-corrected chi connectivity index (χ2v) is 7.06. The Balaban J connectivity index is 1.91. The lowest BCUT2D eigenvalue weighted by Gasteiger charge is -2.24. The number of aliphatic hydroxyl groups is 2. The van der Waals surface area contributed by atoms with Gasteiger partial charge in [-0.05, 0) is 62.4 Å². The lowest BCUT2D eigenvalue weighted by Crippen LogP contribution is -2.34. The molecular weight excluding hydrogens is 306 g/mol. The topological polar surface area (TPSA) is 73.9 Å². The third-order valence-electron chi connectivity index (χ3n) is 4.96. The second-order valence-electron chi connectivity index (χ2n) is 7.06. The molecule has 5 nitrogen and oxygen atoms in total. The maximum Gasteiger partial charge on any atom is 0.336 e. The molecule has 0 aliphatic carbocycles. The number of rotatable bonds is 3. The molecular formula is C19H25NO4. The molecule has 5 heteroatoms. The summed E-state index contributed by atoms with van der Waals surface area (Å²) < 4.78 is 5.41. The average molecular weight is 331 g/mol. The van der Waals surface area contributed by atoms with Crippen molar-refractivity contribution >= 4 is 11.0 Å². The molecule has 1 unspecified atom stereocenters. The fourth-order valence-electron chi connectivity index (χ4n) is 3.60. The van der Waals surface area contributed by atoms with Crippen LogP contribution in [-0.4, -0.2) is 40.4 Å². The van der Waals surface area contributed by atoms with Crippen LogP contribution in [0.1, 0.15) is 36.0 Å². The highest BCUT2D eigenvalue weighted by atomic mass is 16.4. The minimum atomic E-state index is -0.973. The Kier molecular flexibility index (Phi) is 4.76. The summed E-state index contributed by atoms with van der Waals surface area (Å²) in [6, 6.07) is 5.65. The highest BCUT2D eigenvalue weighted by Gasteiger charge is 2.29. The third-order valence-corrected chi connectivity index (χ3v) is 4.96. The first kappa shape index (κ1) is 17.1. The van der Waals surface area contributed by atoms with Gasteiger partial charge in [-0.1, -0.05) is 6.07 Å². The zero-order chi connectivity index (χ0) is 17.3. The third kappa shape index (κ3) is 3.53. The van der Waals surface area contributed by atoms with Crippen molar-refractivity contribution in [3.05, 3.63) is 45.3 Å². The number of likely N-dealkylation sites (tertiary alicyclic amines) is 1. The molecule has 2 N–H and O–H groups in total. The molecule has 1 saturated heterocycles. The van der Waals surface area contributed by atoms with Gasteiger partial charge in [-0.15, -0.1) is 0 Å². The summed E-state index contributed by atoms with van der Waals surface area (Å²) >= 11 is 0. The maximum atomic E-state index is 11.9. The number of fused-ring (bicyclic) bond motifs is 1. The molecule has 1 aromatic carbocycles. The molecule has 1 aliphatic rings. The molecule has 0 bridgehead atoms. The van der Waals surface area contributed by atoms with Gasteiger partial charge in [-0.25, -0.2) is 4.79 Å². The van der Waals surface area contributed by atoms with E-state index < -0.39 is 5.60 Å². The zero-order valence-corrected chi connectivity index (χ0v) is 14.3. The Morgan fingerprint density at radius 2 is 2.00 bits per heavy atom. The largest absolute Gasteiger partial charge is 0.422 e. The van der Waals surface area contributed by atoms with Gasteiger partial charge in [0.15, 0.2) is 0 Å². The number of nitrogens with zero attached hydrogens (tertiary/aromatic N) is 1. The average Bonchev–Trinajstić information content (AvgIpc) is 2.71. The van der Waals surface area contributed by atoms with Crippen LogP contribution in [0.5, 0.6) is 0 Å². The van der Waals surface area contributed by atoms with Crippen molar-refractivity contribution in [1.82, 2.24) is 4.90 Å². The molecule has 0 radical (unpaired) electrons. The van der Waals surface area contributed by atoms with E-state index in [0.717, 1.165) is 35.0 Å². The molecule has 1 fully saturated rings. The van der Waals surface area contributed by atoms with Gasteiger partial charge in [0, 0.05) is 24.5 Å². The summed E-state index contributed by atoms with van der Waals surface area (Å²) in [6.07, 6.45) is 1.98. The Morgan fingerprint density at radius 1 is 1.21 bits per heavy atom. The van der Waals surface area contributed by atoms with Crippen molar-refractivity contribution in [2.75, 3.05) is 19.7 Å². The molecule has 1 atom stereocenters. The fourth-order valence-corrected chi connectivity index (χ4v) is 3.60. The van der Waals surface area contributed by atoms with Crippen LogP contribution in [0.4, 0.5) is 0 Å². The van der Waals surface area contributed by atoms with Crippen molar-refractivity contribution in [2.45, 2.75) is 45.3 Å². The van der Waals surface area contributed by atoms with Gasteiger partial charge in [0.05, 0.1) is 12.2 Å². The number of benzene rings is 1. The van der Waals surface area contributed by atoms with Crippen LogP contribution in [0.3, 0.4) is 0 Å². The van der Waals surface area contributed by atoms with Crippen molar-refractivity contribution in [2.24, 2.45) is 0 Å². The van der Waals surface area contributed by atoms with E-state index >= 15 is 0 Å². The zero-order valence-electron chi connectivity index (χ0n) is 14.3. The smallest absolute Gasteiger partial charge is 0.336 e. The van der Waals surface area contributed by atoms with E-state index in [1.165, 1.54) is 0 Å². The molecule has 24 heavy (non-hydrogen) atoms. The van der Waals surface area contributed by atoms with Crippen LogP contribution in [0.25, 0.3) is 11.0 Å². The first-order valence-electron chi connectivity index (χ1n) is 8.50. The van der Waals surface area contributed by atoms with Crippen molar-refractivity contribution < 1.29 is 14.6 Å². The van der Waals surface area contributed by atoms with Crippen LogP contribution >= 0.6 is 0 Å². The number of hydrogen-bond donors (Lipinski definition) is 2. The monoisotopic (exact) mass is 331 g/mol. The van der Waals surface area contributed by atoms with Crippen molar-refractivity contribution in [3.63, 3.8) is 0 Å². The van der Waals surface area contributed by atoms with Crippen LogP contribution < -0.4 is 5.63 Å². The summed E-state index contributed by atoms with van der Waals surface area (Å²) in [6.45, 7) is 5.98. The van der Waals surface area contributed by atoms with Crippen LogP contribution in [0.2, 0.25) is 0 Å². The molecule has 0 amide bonds. The minimum Gasteiger partial charge on any atom is -0.422 e.